The Morgan fingerprint density at radius 1 is 0.525 bits per heavy atom. The lowest BCUT2D eigenvalue weighted by Crippen LogP contribution is -2.46. The highest BCUT2D eigenvalue weighted by molar-refractivity contribution is 5.77. The number of carbonyl (C=O) groups is 2. The van der Waals surface area contributed by atoms with Crippen LogP contribution in [0.1, 0.15) is 239 Å². The first-order valence-electron chi connectivity index (χ1n) is 25.0. The summed E-state index contributed by atoms with van der Waals surface area (Å²) in [5.41, 5.74) is 0. The van der Waals surface area contributed by atoms with Gasteiger partial charge in [-0.05, 0) is 77.0 Å². The fourth-order valence-corrected chi connectivity index (χ4v) is 7.35. The highest BCUT2D eigenvalue weighted by Crippen LogP contribution is 2.17. The molecule has 342 valence electrons. The predicted molar refractivity (Wildman–Crippen MR) is 255 cm³/mol. The third-order valence-corrected chi connectivity index (χ3v) is 11.1. The van der Waals surface area contributed by atoms with E-state index in [1.54, 1.807) is 0 Å². The van der Waals surface area contributed by atoms with Gasteiger partial charge in [-0.25, -0.2) is 0 Å². The van der Waals surface area contributed by atoms with Crippen molar-refractivity contribution in [1.82, 2.24) is 5.32 Å². The predicted octanol–water partition coefficient (Wildman–Crippen LogP) is 14.8. The van der Waals surface area contributed by atoms with Crippen LogP contribution in [0.4, 0.5) is 0 Å². The molecule has 6 nitrogen and oxygen atoms in total. The molecular weight excluding hydrogens is 731 g/mol. The summed E-state index contributed by atoms with van der Waals surface area (Å²) in [5.74, 6) is -0.512. The lowest BCUT2D eigenvalue weighted by molar-refractivity contribution is -0.151. The van der Waals surface area contributed by atoms with Crippen LogP contribution in [-0.2, 0) is 14.3 Å². The monoisotopic (exact) mass is 826 g/mol. The van der Waals surface area contributed by atoms with Gasteiger partial charge in [0.1, 0.15) is 6.10 Å². The van der Waals surface area contributed by atoms with Gasteiger partial charge in [-0.3, -0.25) is 9.59 Å². The van der Waals surface area contributed by atoms with Crippen LogP contribution >= 0.6 is 0 Å². The molecule has 0 aliphatic carbocycles. The molecule has 3 atom stereocenters. The zero-order valence-electron chi connectivity index (χ0n) is 38.9. The molecule has 0 fully saturated rings. The Morgan fingerprint density at radius 2 is 0.983 bits per heavy atom. The van der Waals surface area contributed by atoms with Crippen molar-refractivity contribution in [2.45, 2.75) is 257 Å². The molecule has 3 unspecified atom stereocenters. The standard InChI is InChI=1S/C53H95NO5/c1-4-7-10-13-16-19-22-24-25-26-27-28-29-31-34-37-40-43-46-53(58)59-49(44-41-38-35-32-30-23-20-17-14-11-8-5-2)47-52(57)54-50(48-55)51(56)45-42-39-36-33-21-18-15-12-9-6-3/h8,11,17,20,22,24-28,49-51,55-56H,4-7,9-10,12-16,18-19,21,23,29-48H2,1-3H3,(H,54,57)/b11-8+,20-17+,24-22+,26-25+,28-27+. The third-order valence-electron chi connectivity index (χ3n) is 11.1. The number of ether oxygens (including phenoxy) is 1. The summed E-state index contributed by atoms with van der Waals surface area (Å²) in [4.78, 5) is 26.1. The highest BCUT2D eigenvalue weighted by atomic mass is 16.5. The van der Waals surface area contributed by atoms with Gasteiger partial charge < -0.3 is 20.3 Å². The van der Waals surface area contributed by atoms with Crippen molar-refractivity contribution in [2.75, 3.05) is 6.61 Å². The van der Waals surface area contributed by atoms with E-state index in [2.05, 4.69) is 86.8 Å². The van der Waals surface area contributed by atoms with Crippen LogP contribution in [-0.4, -0.2) is 46.9 Å². The number of aliphatic hydroxyl groups excluding tert-OH is 2. The Balaban J connectivity index is 4.60. The van der Waals surface area contributed by atoms with Crippen LogP contribution < -0.4 is 5.32 Å². The Labute approximate surface area is 365 Å². The second kappa shape index (κ2) is 46.6. The zero-order valence-corrected chi connectivity index (χ0v) is 38.9. The fourth-order valence-electron chi connectivity index (χ4n) is 7.35. The number of allylic oxidation sites excluding steroid dienone is 10. The minimum atomic E-state index is -0.795. The second-order valence-electron chi connectivity index (χ2n) is 16.9. The van der Waals surface area contributed by atoms with Crippen molar-refractivity contribution < 1.29 is 24.5 Å². The van der Waals surface area contributed by atoms with Gasteiger partial charge >= 0.3 is 5.97 Å². The largest absolute Gasteiger partial charge is 0.462 e. The maximum absolute atomic E-state index is 13.2. The smallest absolute Gasteiger partial charge is 0.306 e. The molecule has 0 heterocycles. The average Bonchev–Trinajstić information content (AvgIpc) is 3.23. The lowest BCUT2D eigenvalue weighted by Gasteiger charge is -2.24. The van der Waals surface area contributed by atoms with Gasteiger partial charge in [-0.1, -0.05) is 210 Å². The van der Waals surface area contributed by atoms with E-state index >= 15 is 0 Å². The molecule has 0 rings (SSSR count). The summed E-state index contributed by atoms with van der Waals surface area (Å²) < 4.78 is 5.91. The van der Waals surface area contributed by atoms with Crippen LogP contribution in [0.3, 0.4) is 0 Å². The van der Waals surface area contributed by atoms with Gasteiger partial charge in [0.15, 0.2) is 0 Å². The zero-order chi connectivity index (χ0) is 43.1. The van der Waals surface area contributed by atoms with Gasteiger partial charge in [-0.2, -0.15) is 0 Å². The molecule has 6 heteroatoms. The summed E-state index contributed by atoms with van der Waals surface area (Å²) in [6, 6.07) is -0.710. The summed E-state index contributed by atoms with van der Waals surface area (Å²) in [7, 11) is 0. The van der Waals surface area contributed by atoms with E-state index in [-0.39, 0.29) is 24.9 Å². The van der Waals surface area contributed by atoms with Crippen LogP contribution in [0, 0.1) is 0 Å². The maximum atomic E-state index is 13.2. The first kappa shape index (κ1) is 56.6. The van der Waals surface area contributed by atoms with Crippen molar-refractivity contribution in [3.63, 3.8) is 0 Å². The Kier molecular flexibility index (Phi) is 44.7. The summed E-state index contributed by atoms with van der Waals surface area (Å²) in [5, 5.41) is 23.7. The van der Waals surface area contributed by atoms with Crippen molar-refractivity contribution in [2.24, 2.45) is 0 Å². The Hall–Kier alpha value is -2.44. The molecule has 0 aliphatic rings. The highest BCUT2D eigenvalue weighted by Gasteiger charge is 2.24. The average molecular weight is 826 g/mol. The number of amides is 1. The fraction of sp³-hybridized carbons (Fsp3) is 0.774. The summed E-state index contributed by atoms with van der Waals surface area (Å²) >= 11 is 0. The van der Waals surface area contributed by atoms with E-state index in [1.807, 2.05) is 0 Å². The van der Waals surface area contributed by atoms with Crippen molar-refractivity contribution in [3.05, 3.63) is 60.8 Å². The molecule has 1 amide bonds. The van der Waals surface area contributed by atoms with Crippen molar-refractivity contribution in [3.8, 4) is 0 Å². The molecular formula is C53H95NO5. The first-order valence-corrected chi connectivity index (χ1v) is 25.0. The van der Waals surface area contributed by atoms with E-state index in [4.69, 9.17) is 4.74 Å². The van der Waals surface area contributed by atoms with Crippen LogP contribution in [0.2, 0.25) is 0 Å². The SMILES string of the molecule is CC/C=C/C/C=C/CCCCCCCC(CC(=O)NC(CO)C(O)CCCCCCCCCCCC)OC(=O)CCCCCCC/C=C/C=C/C=C/CCCCCCC. The normalized spacial score (nSPS) is 13.8. The minimum Gasteiger partial charge on any atom is -0.462 e. The van der Waals surface area contributed by atoms with Crippen LogP contribution in [0.5, 0.6) is 0 Å². The number of carbonyl (C=O) groups excluding carboxylic acids is 2. The van der Waals surface area contributed by atoms with E-state index in [0.717, 1.165) is 96.3 Å². The topological polar surface area (TPSA) is 95.9 Å². The molecule has 0 saturated heterocycles. The molecule has 59 heavy (non-hydrogen) atoms. The maximum Gasteiger partial charge on any atom is 0.306 e. The van der Waals surface area contributed by atoms with Gasteiger partial charge in [-0.15, -0.1) is 0 Å². The first-order chi connectivity index (χ1) is 29.0. The molecule has 0 aromatic heterocycles. The van der Waals surface area contributed by atoms with Gasteiger partial charge in [0, 0.05) is 6.42 Å². The molecule has 0 radical (unpaired) electrons. The van der Waals surface area contributed by atoms with E-state index < -0.39 is 18.2 Å². The minimum absolute atomic E-state index is 0.0581. The number of rotatable bonds is 44. The molecule has 0 aromatic carbocycles. The quantitative estimate of drug-likeness (QED) is 0.0246. The van der Waals surface area contributed by atoms with Gasteiger partial charge in [0.05, 0.1) is 25.2 Å². The number of esters is 1. The van der Waals surface area contributed by atoms with E-state index in [9.17, 15) is 19.8 Å². The second-order valence-corrected chi connectivity index (χ2v) is 16.9. The Bertz CT molecular complexity index is 1060. The molecule has 0 aliphatic heterocycles. The van der Waals surface area contributed by atoms with E-state index in [0.29, 0.717) is 19.3 Å². The van der Waals surface area contributed by atoms with Crippen molar-refractivity contribution in [1.29, 1.82) is 0 Å². The van der Waals surface area contributed by atoms with Gasteiger partial charge in [0.2, 0.25) is 5.91 Å². The molecule has 0 saturated carbocycles. The number of nitrogens with one attached hydrogen (secondary N) is 1. The number of hydrogen-bond donors (Lipinski definition) is 3. The molecule has 0 aromatic rings. The van der Waals surface area contributed by atoms with Crippen LogP contribution in [0.15, 0.2) is 60.8 Å². The van der Waals surface area contributed by atoms with Gasteiger partial charge in [0.25, 0.3) is 0 Å². The molecule has 0 spiro atoms. The van der Waals surface area contributed by atoms with Crippen molar-refractivity contribution >= 4 is 11.9 Å². The number of unbranched alkanes of at least 4 members (excludes halogenated alkanes) is 24. The summed E-state index contributed by atoms with van der Waals surface area (Å²) in [6.07, 6.45) is 57.1. The number of hydrogen-bond acceptors (Lipinski definition) is 5. The Morgan fingerprint density at radius 3 is 1.51 bits per heavy atom. The van der Waals surface area contributed by atoms with Crippen LogP contribution in [0.25, 0.3) is 0 Å². The number of aliphatic hydroxyl groups is 2. The molecule has 3 N–H and O–H groups in total. The van der Waals surface area contributed by atoms with E-state index in [1.165, 1.54) is 96.3 Å². The third kappa shape index (κ3) is 42.1. The lowest BCUT2D eigenvalue weighted by atomic mass is 10.0. The summed E-state index contributed by atoms with van der Waals surface area (Å²) in [6.45, 7) is 6.33. The molecule has 0 bridgehead atoms.